The molecule has 1 unspecified atom stereocenters. The Hall–Kier alpha value is -1.47. The summed E-state index contributed by atoms with van der Waals surface area (Å²) in [4.78, 5) is 16.7. The summed E-state index contributed by atoms with van der Waals surface area (Å²) in [5.74, 6) is 0.00684. The Bertz CT molecular complexity index is 711. The lowest BCUT2D eigenvalue weighted by Crippen LogP contribution is -2.50. The maximum atomic E-state index is 12.3. The fourth-order valence-corrected chi connectivity index (χ4v) is 4.36. The van der Waals surface area contributed by atoms with Crippen molar-refractivity contribution in [2.24, 2.45) is 0 Å². The molecule has 2 fully saturated rings. The smallest absolute Gasteiger partial charge is 0.253 e. The van der Waals surface area contributed by atoms with Gasteiger partial charge >= 0.3 is 0 Å². The molecule has 2 heterocycles. The normalized spacial score (nSPS) is 24.2. The van der Waals surface area contributed by atoms with Crippen molar-refractivity contribution in [2.75, 3.05) is 19.3 Å². The number of rotatable bonds is 4. The average molecular weight is 351 g/mol. The molecule has 2 aliphatic rings. The highest BCUT2D eigenvalue weighted by molar-refractivity contribution is 7.88. The monoisotopic (exact) mass is 351 g/mol. The fraction of sp³-hybridized carbons (Fsp3) is 0.647. The molecule has 0 spiro atoms. The average Bonchev–Trinajstić information content (AvgIpc) is 2.53. The number of pyridine rings is 1. The minimum absolute atomic E-state index is 0.0743. The van der Waals surface area contributed by atoms with E-state index in [2.05, 4.69) is 17.2 Å². The van der Waals surface area contributed by atoms with Gasteiger partial charge < -0.3 is 5.32 Å². The summed E-state index contributed by atoms with van der Waals surface area (Å²) in [7, 11) is -3.16. The second kappa shape index (κ2) is 6.44. The predicted molar refractivity (Wildman–Crippen MR) is 92.4 cm³/mol. The van der Waals surface area contributed by atoms with Gasteiger partial charge in [-0.25, -0.2) is 12.7 Å². The van der Waals surface area contributed by atoms with Crippen LogP contribution in [0.25, 0.3) is 0 Å². The molecule has 0 aromatic carbocycles. The Kier molecular flexibility index (Phi) is 4.66. The first-order chi connectivity index (χ1) is 11.3. The third kappa shape index (κ3) is 3.78. The van der Waals surface area contributed by atoms with Crippen molar-refractivity contribution < 1.29 is 13.2 Å². The van der Waals surface area contributed by atoms with Gasteiger partial charge in [-0.15, -0.1) is 0 Å². The van der Waals surface area contributed by atoms with E-state index in [-0.39, 0.29) is 17.4 Å². The van der Waals surface area contributed by atoms with Crippen LogP contribution in [0.5, 0.6) is 0 Å². The lowest BCUT2D eigenvalue weighted by Gasteiger charge is -2.39. The summed E-state index contributed by atoms with van der Waals surface area (Å²) < 4.78 is 25.0. The van der Waals surface area contributed by atoms with Gasteiger partial charge in [-0.2, -0.15) is 0 Å². The van der Waals surface area contributed by atoms with Crippen LogP contribution in [-0.4, -0.2) is 48.5 Å². The van der Waals surface area contributed by atoms with Gasteiger partial charge in [0.1, 0.15) is 0 Å². The van der Waals surface area contributed by atoms with Gasteiger partial charge in [-0.3, -0.25) is 9.78 Å². The van der Waals surface area contributed by atoms with E-state index in [1.165, 1.54) is 10.6 Å². The molecule has 1 aromatic rings. The van der Waals surface area contributed by atoms with E-state index in [0.29, 0.717) is 18.7 Å². The van der Waals surface area contributed by atoms with Crippen molar-refractivity contribution in [2.45, 2.75) is 50.5 Å². The molecule has 24 heavy (non-hydrogen) atoms. The molecule has 1 amide bonds. The van der Waals surface area contributed by atoms with Gasteiger partial charge in [0.05, 0.1) is 11.8 Å². The summed E-state index contributed by atoms with van der Waals surface area (Å²) in [5.41, 5.74) is 1.34. The van der Waals surface area contributed by atoms with E-state index in [1.807, 2.05) is 6.07 Å². The number of sulfonamides is 1. The fourth-order valence-electron chi connectivity index (χ4n) is 3.44. The van der Waals surface area contributed by atoms with Crippen molar-refractivity contribution in [3.63, 3.8) is 0 Å². The van der Waals surface area contributed by atoms with Crippen LogP contribution < -0.4 is 5.32 Å². The minimum atomic E-state index is -3.16. The summed E-state index contributed by atoms with van der Waals surface area (Å²) in [6.07, 6.45) is 7.81. The lowest BCUT2D eigenvalue weighted by atomic mass is 9.78. The Morgan fingerprint density at radius 1 is 1.33 bits per heavy atom. The van der Waals surface area contributed by atoms with Crippen LogP contribution in [0.1, 0.15) is 61.0 Å². The highest BCUT2D eigenvalue weighted by Gasteiger charge is 2.33. The maximum Gasteiger partial charge on any atom is 0.253 e. The van der Waals surface area contributed by atoms with E-state index < -0.39 is 10.0 Å². The van der Waals surface area contributed by atoms with Gasteiger partial charge in [-0.05, 0) is 51.2 Å². The lowest BCUT2D eigenvalue weighted by molar-refractivity contribution is 0.0850. The zero-order chi connectivity index (χ0) is 17.4. The molecular formula is C17H25N3O3S. The number of piperidine rings is 1. The molecule has 1 aliphatic heterocycles. The third-order valence-electron chi connectivity index (χ3n) is 5.19. The number of aromatic nitrogens is 1. The largest absolute Gasteiger partial charge is 0.347 e. The van der Waals surface area contributed by atoms with Gasteiger partial charge in [0, 0.05) is 36.4 Å². The Balaban J connectivity index is 1.66. The Labute approximate surface area is 143 Å². The molecule has 1 N–H and O–H groups in total. The summed E-state index contributed by atoms with van der Waals surface area (Å²) in [6, 6.07) is 3.65. The number of carbonyl (C=O) groups excluding carboxylic acids is 1. The highest BCUT2D eigenvalue weighted by atomic mass is 32.2. The number of hydrogen-bond donors (Lipinski definition) is 1. The first-order valence-electron chi connectivity index (χ1n) is 8.50. The van der Waals surface area contributed by atoms with E-state index in [9.17, 15) is 13.2 Å². The number of nitrogens with zero attached hydrogens (tertiary/aromatic N) is 2. The minimum Gasteiger partial charge on any atom is -0.347 e. The molecule has 6 nitrogen and oxygen atoms in total. The topological polar surface area (TPSA) is 79.4 Å². The molecule has 7 heteroatoms. The van der Waals surface area contributed by atoms with Crippen LogP contribution in [0.15, 0.2) is 18.3 Å². The van der Waals surface area contributed by atoms with Crippen molar-refractivity contribution >= 4 is 15.9 Å². The van der Waals surface area contributed by atoms with Gasteiger partial charge in [0.2, 0.25) is 10.0 Å². The van der Waals surface area contributed by atoms with Gasteiger partial charge in [0.15, 0.2) is 0 Å². The molecule has 1 saturated heterocycles. The molecule has 1 atom stereocenters. The Morgan fingerprint density at radius 2 is 2.08 bits per heavy atom. The van der Waals surface area contributed by atoms with Crippen molar-refractivity contribution in [1.29, 1.82) is 0 Å². The molecule has 1 aromatic heterocycles. The van der Waals surface area contributed by atoms with Crippen LogP contribution in [0.2, 0.25) is 0 Å². The summed E-state index contributed by atoms with van der Waals surface area (Å²) in [6.45, 7) is 3.11. The van der Waals surface area contributed by atoms with E-state index >= 15 is 0 Å². The quantitative estimate of drug-likeness (QED) is 0.898. The zero-order valence-corrected chi connectivity index (χ0v) is 15.1. The Morgan fingerprint density at radius 3 is 2.62 bits per heavy atom. The van der Waals surface area contributed by atoms with Crippen molar-refractivity contribution in [3.8, 4) is 0 Å². The second-order valence-corrected chi connectivity index (χ2v) is 9.28. The molecule has 1 saturated carbocycles. The van der Waals surface area contributed by atoms with Crippen LogP contribution in [-0.2, 0) is 10.0 Å². The van der Waals surface area contributed by atoms with Crippen molar-refractivity contribution in [1.82, 2.24) is 14.6 Å². The van der Waals surface area contributed by atoms with E-state index in [0.717, 1.165) is 37.8 Å². The van der Waals surface area contributed by atoms with Crippen molar-refractivity contribution in [3.05, 3.63) is 29.6 Å². The standard InChI is InChI=1S/C17H25N3O3S/c1-17(8-4-9-17)19-16(21)13-6-7-15(18-11-13)14-5-3-10-20(12-14)24(2,22)23/h6-7,11,14H,3-5,8-10,12H2,1-2H3,(H,19,21). The third-order valence-corrected chi connectivity index (χ3v) is 6.46. The predicted octanol–water partition coefficient (Wildman–Crippen LogP) is 1.89. The number of carbonyl (C=O) groups is 1. The SMILES string of the molecule is CC1(NC(=O)c2ccc(C3CCCN(S(C)(=O)=O)C3)nc2)CCC1. The van der Waals surface area contributed by atoms with E-state index in [4.69, 9.17) is 0 Å². The van der Waals surface area contributed by atoms with Crippen LogP contribution >= 0.6 is 0 Å². The molecule has 0 bridgehead atoms. The molecular weight excluding hydrogens is 326 g/mol. The number of nitrogens with one attached hydrogen (secondary N) is 1. The first-order valence-corrected chi connectivity index (χ1v) is 10.4. The summed E-state index contributed by atoms with van der Waals surface area (Å²) >= 11 is 0. The molecule has 0 radical (unpaired) electrons. The van der Waals surface area contributed by atoms with Gasteiger partial charge in [0.25, 0.3) is 5.91 Å². The highest BCUT2D eigenvalue weighted by Crippen LogP contribution is 2.31. The zero-order valence-electron chi connectivity index (χ0n) is 14.3. The second-order valence-electron chi connectivity index (χ2n) is 7.30. The van der Waals surface area contributed by atoms with Crippen LogP contribution in [0.4, 0.5) is 0 Å². The van der Waals surface area contributed by atoms with Crippen LogP contribution in [0, 0.1) is 0 Å². The number of hydrogen-bond acceptors (Lipinski definition) is 4. The van der Waals surface area contributed by atoms with Gasteiger partial charge in [-0.1, -0.05) is 0 Å². The molecule has 3 rings (SSSR count). The molecule has 132 valence electrons. The van der Waals surface area contributed by atoms with Crippen LogP contribution in [0.3, 0.4) is 0 Å². The molecule has 1 aliphatic carbocycles. The first kappa shape index (κ1) is 17.4. The number of amides is 1. The summed E-state index contributed by atoms with van der Waals surface area (Å²) in [5, 5.41) is 3.07. The van der Waals surface area contributed by atoms with E-state index in [1.54, 1.807) is 12.3 Å². The maximum absolute atomic E-state index is 12.3.